The fourth-order valence-corrected chi connectivity index (χ4v) is 2.10. The Labute approximate surface area is 127 Å². The second-order valence-corrected chi connectivity index (χ2v) is 6.59. The van der Waals surface area contributed by atoms with E-state index in [1.54, 1.807) is 13.0 Å². The average molecular weight is 349 g/mol. The third-order valence-corrected chi connectivity index (χ3v) is 3.83. The van der Waals surface area contributed by atoms with Crippen LogP contribution in [0.1, 0.15) is 27.7 Å². The van der Waals surface area contributed by atoms with Crippen molar-refractivity contribution in [1.82, 2.24) is 0 Å². The summed E-state index contributed by atoms with van der Waals surface area (Å²) in [7, 11) is 0. The molecule has 1 N–H and O–H groups in total. The van der Waals surface area contributed by atoms with Gasteiger partial charge in [0, 0.05) is 10.2 Å². The van der Waals surface area contributed by atoms with E-state index >= 15 is 0 Å². The Hall–Kier alpha value is -0.740. The van der Waals surface area contributed by atoms with Gasteiger partial charge < -0.3 is 10.1 Å². The molecule has 0 saturated carbocycles. The van der Waals surface area contributed by atoms with Crippen LogP contribution in [0.4, 0.5) is 5.69 Å². The maximum Gasteiger partial charge on any atom is 0.329 e. The third kappa shape index (κ3) is 4.69. The molecule has 0 aliphatic carbocycles. The van der Waals surface area contributed by atoms with Crippen molar-refractivity contribution >= 4 is 39.2 Å². The summed E-state index contributed by atoms with van der Waals surface area (Å²) in [5, 5.41) is 3.84. The SMILES string of the molecule is CCOC(=O)C(Nc1ccc(Cl)c(Br)c1)C(C)(C)C. The zero-order chi connectivity index (χ0) is 14.6. The summed E-state index contributed by atoms with van der Waals surface area (Å²) >= 11 is 9.32. The molecule has 0 aromatic heterocycles. The fraction of sp³-hybridized carbons (Fsp3) is 0.500. The number of hydrogen-bond acceptors (Lipinski definition) is 3. The Kier molecular flexibility index (Phi) is 5.68. The number of nitrogens with one attached hydrogen (secondary N) is 1. The Balaban J connectivity index is 2.94. The lowest BCUT2D eigenvalue weighted by atomic mass is 9.86. The van der Waals surface area contributed by atoms with Gasteiger partial charge in [-0.2, -0.15) is 0 Å². The van der Waals surface area contributed by atoms with Crippen molar-refractivity contribution in [2.75, 3.05) is 11.9 Å². The molecule has 106 valence electrons. The second-order valence-electron chi connectivity index (χ2n) is 5.32. The molecule has 1 aromatic rings. The van der Waals surface area contributed by atoms with E-state index < -0.39 is 6.04 Å². The third-order valence-electron chi connectivity index (χ3n) is 2.62. The number of esters is 1. The Morgan fingerprint density at radius 2 is 2.11 bits per heavy atom. The standard InChI is InChI=1S/C14H19BrClNO2/c1-5-19-13(18)12(14(2,3)4)17-9-6-7-11(16)10(15)8-9/h6-8,12,17H,5H2,1-4H3. The molecule has 0 fully saturated rings. The molecular formula is C14H19BrClNO2. The van der Waals surface area contributed by atoms with Crippen LogP contribution in [0, 0.1) is 5.41 Å². The molecule has 3 nitrogen and oxygen atoms in total. The van der Waals surface area contributed by atoms with Gasteiger partial charge in [0.2, 0.25) is 0 Å². The predicted molar refractivity (Wildman–Crippen MR) is 82.7 cm³/mol. The molecule has 0 amide bonds. The van der Waals surface area contributed by atoms with Crippen molar-refractivity contribution < 1.29 is 9.53 Å². The van der Waals surface area contributed by atoms with E-state index in [4.69, 9.17) is 16.3 Å². The monoisotopic (exact) mass is 347 g/mol. The number of halogens is 2. The highest BCUT2D eigenvalue weighted by molar-refractivity contribution is 9.10. The minimum Gasteiger partial charge on any atom is -0.464 e. The molecule has 0 spiro atoms. The van der Waals surface area contributed by atoms with E-state index in [2.05, 4.69) is 21.2 Å². The first-order valence-electron chi connectivity index (χ1n) is 6.14. The van der Waals surface area contributed by atoms with Gasteiger partial charge in [0.15, 0.2) is 0 Å². The van der Waals surface area contributed by atoms with Gasteiger partial charge in [-0.15, -0.1) is 0 Å². The molecule has 1 atom stereocenters. The number of ether oxygens (including phenoxy) is 1. The van der Waals surface area contributed by atoms with Gasteiger partial charge in [0.25, 0.3) is 0 Å². The molecule has 19 heavy (non-hydrogen) atoms. The molecule has 1 rings (SSSR count). The minimum atomic E-state index is -0.416. The number of rotatable bonds is 4. The molecule has 0 heterocycles. The Bertz CT molecular complexity index is 457. The minimum absolute atomic E-state index is 0.249. The van der Waals surface area contributed by atoms with Crippen molar-refractivity contribution in [3.63, 3.8) is 0 Å². The van der Waals surface area contributed by atoms with Crippen LogP contribution in [0.2, 0.25) is 5.02 Å². The lowest BCUT2D eigenvalue weighted by Gasteiger charge is -2.30. The zero-order valence-corrected chi connectivity index (χ0v) is 13.9. The van der Waals surface area contributed by atoms with Crippen LogP contribution in [-0.2, 0) is 9.53 Å². The van der Waals surface area contributed by atoms with E-state index in [9.17, 15) is 4.79 Å². The maximum atomic E-state index is 12.0. The molecule has 0 saturated heterocycles. The smallest absolute Gasteiger partial charge is 0.329 e. The summed E-state index contributed by atoms with van der Waals surface area (Å²) in [6, 6.07) is 5.05. The normalized spacial score (nSPS) is 12.9. The largest absolute Gasteiger partial charge is 0.464 e. The van der Waals surface area contributed by atoms with E-state index in [0.29, 0.717) is 11.6 Å². The molecule has 0 bridgehead atoms. The summed E-state index contributed by atoms with van der Waals surface area (Å²) < 4.78 is 5.91. The second kappa shape index (κ2) is 6.62. The van der Waals surface area contributed by atoms with Gasteiger partial charge in [-0.05, 0) is 46.5 Å². The number of carbonyl (C=O) groups is 1. The Morgan fingerprint density at radius 3 is 2.58 bits per heavy atom. The van der Waals surface area contributed by atoms with Crippen LogP contribution < -0.4 is 5.32 Å². The summed E-state index contributed by atoms with van der Waals surface area (Å²) in [4.78, 5) is 12.0. The van der Waals surface area contributed by atoms with Crippen LogP contribution in [0.5, 0.6) is 0 Å². The average Bonchev–Trinajstić information content (AvgIpc) is 2.29. The van der Waals surface area contributed by atoms with Crippen molar-refractivity contribution in [3.05, 3.63) is 27.7 Å². The Morgan fingerprint density at radius 1 is 1.47 bits per heavy atom. The summed E-state index contributed by atoms with van der Waals surface area (Å²) in [5.74, 6) is -0.249. The quantitative estimate of drug-likeness (QED) is 0.815. The highest BCUT2D eigenvalue weighted by Crippen LogP contribution is 2.29. The molecular weight excluding hydrogens is 330 g/mol. The molecule has 1 unspecified atom stereocenters. The van der Waals surface area contributed by atoms with Crippen LogP contribution in [0.15, 0.2) is 22.7 Å². The van der Waals surface area contributed by atoms with Crippen LogP contribution in [-0.4, -0.2) is 18.6 Å². The van der Waals surface area contributed by atoms with Gasteiger partial charge in [0.05, 0.1) is 11.6 Å². The topological polar surface area (TPSA) is 38.3 Å². The summed E-state index contributed by atoms with van der Waals surface area (Å²) in [6.07, 6.45) is 0. The van der Waals surface area contributed by atoms with Gasteiger partial charge in [-0.3, -0.25) is 0 Å². The predicted octanol–water partition coefficient (Wildman–Crippen LogP) is 4.49. The molecule has 0 aliphatic heterocycles. The first kappa shape index (κ1) is 16.3. The number of carbonyl (C=O) groups excluding carboxylic acids is 1. The lowest BCUT2D eigenvalue weighted by Crippen LogP contribution is -2.42. The van der Waals surface area contributed by atoms with Crippen molar-refractivity contribution in [1.29, 1.82) is 0 Å². The van der Waals surface area contributed by atoms with Crippen LogP contribution in [0.25, 0.3) is 0 Å². The molecule has 0 aliphatic rings. The van der Waals surface area contributed by atoms with E-state index in [1.165, 1.54) is 0 Å². The van der Waals surface area contributed by atoms with Gasteiger partial charge >= 0.3 is 5.97 Å². The first-order valence-corrected chi connectivity index (χ1v) is 7.31. The van der Waals surface area contributed by atoms with E-state index in [1.807, 2.05) is 32.9 Å². The summed E-state index contributed by atoms with van der Waals surface area (Å²) in [5.41, 5.74) is 0.572. The van der Waals surface area contributed by atoms with Crippen molar-refractivity contribution in [3.8, 4) is 0 Å². The van der Waals surface area contributed by atoms with Crippen LogP contribution in [0.3, 0.4) is 0 Å². The first-order chi connectivity index (χ1) is 8.75. The van der Waals surface area contributed by atoms with E-state index in [0.717, 1.165) is 10.2 Å². The number of hydrogen-bond donors (Lipinski definition) is 1. The maximum absolute atomic E-state index is 12.0. The van der Waals surface area contributed by atoms with Crippen molar-refractivity contribution in [2.24, 2.45) is 5.41 Å². The van der Waals surface area contributed by atoms with Gasteiger partial charge in [-0.1, -0.05) is 32.4 Å². The van der Waals surface area contributed by atoms with Gasteiger partial charge in [-0.25, -0.2) is 4.79 Å². The number of anilines is 1. The van der Waals surface area contributed by atoms with Crippen molar-refractivity contribution in [2.45, 2.75) is 33.7 Å². The molecule has 1 aromatic carbocycles. The highest BCUT2D eigenvalue weighted by atomic mass is 79.9. The lowest BCUT2D eigenvalue weighted by molar-refractivity contribution is -0.146. The fourth-order valence-electron chi connectivity index (χ4n) is 1.61. The molecule has 5 heteroatoms. The molecule has 0 radical (unpaired) electrons. The van der Waals surface area contributed by atoms with E-state index in [-0.39, 0.29) is 11.4 Å². The van der Waals surface area contributed by atoms with Gasteiger partial charge in [0.1, 0.15) is 6.04 Å². The number of benzene rings is 1. The zero-order valence-electron chi connectivity index (χ0n) is 11.6. The summed E-state index contributed by atoms with van der Waals surface area (Å²) in [6.45, 7) is 8.15. The highest BCUT2D eigenvalue weighted by Gasteiger charge is 2.32. The van der Waals surface area contributed by atoms with Crippen LogP contribution >= 0.6 is 27.5 Å².